The van der Waals surface area contributed by atoms with Crippen LogP contribution in [-0.2, 0) is 13.1 Å². The van der Waals surface area contributed by atoms with Crippen LogP contribution < -0.4 is 5.56 Å². The van der Waals surface area contributed by atoms with Crippen LogP contribution in [0, 0.1) is 5.92 Å². The van der Waals surface area contributed by atoms with Gasteiger partial charge in [0.05, 0.1) is 5.69 Å². The van der Waals surface area contributed by atoms with Crippen molar-refractivity contribution in [3.8, 4) is 0 Å². The molecule has 124 valence electrons. The zero-order chi connectivity index (χ0) is 16.5. The zero-order valence-electron chi connectivity index (χ0n) is 14.1. The van der Waals surface area contributed by atoms with Gasteiger partial charge in [-0.1, -0.05) is 18.2 Å². The maximum Gasteiger partial charge on any atom is 0.250 e. The molecule has 0 radical (unpaired) electrons. The van der Waals surface area contributed by atoms with E-state index in [1.807, 2.05) is 35.9 Å². The van der Waals surface area contributed by atoms with E-state index in [1.165, 1.54) is 17.7 Å². The number of nitrogens with zero attached hydrogens (tertiary/aromatic N) is 3. The van der Waals surface area contributed by atoms with Crippen molar-refractivity contribution in [2.45, 2.75) is 32.4 Å². The Kier molecular flexibility index (Phi) is 4.07. The van der Waals surface area contributed by atoms with Crippen molar-refractivity contribution >= 4 is 6.08 Å². The summed E-state index contributed by atoms with van der Waals surface area (Å²) in [5.74, 6) is 0.986. The first-order valence-corrected chi connectivity index (χ1v) is 8.73. The Morgan fingerprint density at radius 2 is 2.12 bits per heavy atom. The van der Waals surface area contributed by atoms with Gasteiger partial charge in [-0.2, -0.15) is 0 Å². The molecule has 1 saturated heterocycles. The van der Waals surface area contributed by atoms with Crippen LogP contribution in [0.5, 0.6) is 0 Å². The van der Waals surface area contributed by atoms with Crippen LogP contribution in [0.15, 0.2) is 47.4 Å². The van der Waals surface area contributed by atoms with Crippen LogP contribution in [0.4, 0.5) is 0 Å². The maximum atomic E-state index is 12.3. The molecule has 4 rings (SSSR count). The van der Waals surface area contributed by atoms with Gasteiger partial charge in [-0.05, 0) is 43.0 Å². The van der Waals surface area contributed by atoms with Crippen LogP contribution in [0.1, 0.15) is 36.2 Å². The summed E-state index contributed by atoms with van der Waals surface area (Å²) >= 11 is 0. The van der Waals surface area contributed by atoms with E-state index in [9.17, 15) is 4.79 Å². The molecule has 4 heteroatoms. The highest BCUT2D eigenvalue weighted by molar-refractivity contribution is 5.53. The summed E-state index contributed by atoms with van der Waals surface area (Å²) in [5.41, 5.74) is 3.69. The molecule has 2 aromatic heterocycles. The van der Waals surface area contributed by atoms with E-state index >= 15 is 0 Å². The Hall–Kier alpha value is -2.20. The van der Waals surface area contributed by atoms with Crippen molar-refractivity contribution in [3.05, 3.63) is 69.9 Å². The van der Waals surface area contributed by atoms with Crippen LogP contribution in [-0.4, -0.2) is 27.5 Å². The van der Waals surface area contributed by atoms with Gasteiger partial charge in [0, 0.05) is 50.1 Å². The summed E-state index contributed by atoms with van der Waals surface area (Å²) in [5, 5.41) is 0. The lowest BCUT2D eigenvalue weighted by Crippen LogP contribution is -2.47. The fourth-order valence-corrected chi connectivity index (χ4v) is 4.32. The van der Waals surface area contributed by atoms with Crippen molar-refractivity contribution in [1.29, 1.82) is 0 Å². The molecule has 0 N–H and O–H groups in total. The molecule has 0 aromatic carbocycles. The van der Waals surface area contributed by atoms with E-state index in [4.69, 9.17) is 0 Å². The molecule has 2 bridgehead atoms. The smallest absolute Gasteiger partial charge is 0.250 e. The Bertz CT molecular complexity index is 809. The van der Waals surface area contributed by atoms with Crippen molar-refractivity contribution in [3.63, 3.8) is 0 Å². The number of piperidine rings is 1. The van der Waals surface area contributed by atoms with Gasteiger partial charge in [0.25, 0.3) is 5.56 Å². The summed E-state index contributed by atoms with van der Waals surface area (Å²) < 4.78 is 2.02. The van der Waals surface area contributed by atoms with Crippen molar-refractivity contribution in [1.82, 2.24) is 14.5 Å². The maximum absolute atomic E-state index is 12.3. The third-order valence-electron chi connectivity index (χ3n) is 5.16. The molecule has 0 spiro atoms. The van der Waals surface area contributed by atoms with E-state index in [-0.39, 0.29) is 5.56 Å². The van der Waals surface area contributed by atoms with Crippen LogP contribution in [0.2, 0.25) is 0 Å². The van der Waals surface area contributed by atoms with Gasteiger partial charge in [0.1, 0.15) is 0 Å². The summed E-state index contributed by atoms with van der Waals surface area (Å²) in [7, 11) is 0. The summed E-state index contributed by atoms with van der Waals surface area (Å²) in [6.07, 6.45) is 7.23. The minimum atomic E-state index is 0.145. The van der Waals surface area contributed by atoms with E-state index in [0.717, 1.165) is 31.9 Å². The molecule has 4 heterocycles. The van der Waals surface area contributed by atoms with Gasteiger partial charge in [0.2, 0.25) is 0 Å². The van der Waals surface area contributed by atoms with Crippen molar-refractivity contribution in [2.75, 3.05) is 13.1 Å². The SMILES string of the molecule is C/C=C/c1ccc(=O)n2c1[C@@H]1C[C@@H](CN(Cc3ccccn3)C1)C2. The Morgan fingerprint density at radius 1 is 1.21 bits per heavy atom. The second kappa shape index (κ2) is 6.36. The number of likely N-dealkylation sites (tertiary alicyclic amines) is 1. The molecule has 0 aliphatic carbocycles. The predicted molar refractivity (Wildman–Crippen MR) is 95.8 cm³/mol. The number of rotatable bonds is 3. The minimum absolute atomic E-state index is 0.145. The fourth-order valence-electron chi connectivity index (χ4n) is 4.32. The highest BCUT2D eigenvalue weighted by atomic mass is 16.1. The lowest BCUT2D eigenvalue weighted by atomic mass is 9.81. The highest BCUT2D eigenvalue weighted by Gasteiger charge is 2.35. The first-order valence-electron chi connectivity index (χ1n) is 8.73. The average molecular weight is 321 g/mol. The van der Waals surface area contributed by atoms with Crippen molar-refractivity contribution < 1.29 is 0 Å². The van der Waals surface area contributed by atoms with Gasteiger partial charge in [-0.25, -0.2) is 0 Å². The third-order valence-corrected chi connectivity index (χ3v) is 5.16. The largest absolute Gasteiger partial charge is 0.311 e. The molecule has 2 atom stereocenters. The average Bonchev–Trinajstić information content (AvgIpc) is 2.58. The number of hydrogen-bond acceptors (Lipinski definition) is 3. The molecule has 4 nitrogen and oxygen atoms in total. The first-order chi connectivity index (χ1) is 11.7. The van der Waals surface area contributed by atoms with Crippen LogP contribution >= 0.6 is 0 Å². The Labute approximate surface area is 142 Å². The van der Waals surface area contributed by atoms with Gasteiger partial charge in [-0.3, -0.25) is 14.7 Å². The standard InChI is InChI=1S/C20H23N3O/c1-2-5-16-7-8-19(24)23-12-15-10-17(20(16)23)13-22(11-15)14-18-6-3-4-9-21-18/h2-9,15,17H,10-14H2,1H3/b5-2+/t15-,17+/m0/s1. The van der Waals surface area contributed by atoms with Gasteiger partial charge >= 0.3 is 0 Å². The molecular weight excluding hydrogens is 298 g/mol. The van der Waals surface area contributed by atoms with Gasteiger partial charge in [0.15, 0.2) is 0 Å². The number of aromatic nitrogens is 2. The lowest BCUT2D eigenvalue weighted by molar-refractivity contribution is 0.113. The minimum Gasteiger partial charge on any atom is -0.311 e. The molecule has 0 amide bonds. The third kappa shape index (κ3) is 2.82. The second-order valence-electron chi connectivity index (χ2n) is 6.94. The van der Waals surface area contributed by atoms with Crippen LogP contribution in [0.3, 0.4) is 0 Å². The molecule has 1 fully saturated rings. The summed E-state index contributed by atoms with van der Waals surface area (Å²) in [4.78, 5) is 19.3. The molecule has 2 aliphatic heterocycles. The Morgan fingerprint density at radius 3 is 2.92 bits per heavy atom. The molecular formula is C20H23N3O. The van der Waals surface area contributed by atoms with E-state index in [0.29, 0.717) is 11.8 Å². The lowest BCUT2D eigenvalue weighted by Gasteiger charge is -2.43. The number of allylic oxidation sites excluding steroid dienone is 1. The highest BCUT2D eigenvalue weighted by Crippen LogP contribution is 2.37. The monoisotopic (exact) mass is 321 g/mol. The fraction of sp³-hybridized carbons (Fsp3) is 0.400. The Balaban J connectivity index is 1.65. The zero-order valence-corrected chi connectivity index (χ0v) is 14.1. The molecule has 0 saturated carbocycles. The van der Waals surface area contributed by atoms with Gasteiger partial charge < -0.3 is 4.57 Å². The van der Waals surface area contributed by atoms with E-state index < -0.39 is 0 Å². The quantitative estimate of drug-likeness (QED) is 0.872. The summed E-state index contributed by atoms with van der Waals surface area (Å²) in [6, 6.07) is 9.79. The molecule has 24 heavy (non-hydrogen) atoms. The van der Waals surface area contributed by atoms with Crippen molar-refractivity contribution in [2.24, 2.45) is 5.92 Å². The van der Waals surface area contributed by atoms with Crippen LogP contribution in [0.25, 0.3) is 6.08 Å². The second-order valence-corrected chi connectivity index (χ2v) is 6.94. The normalized spacial score (nSPS) is 23.4. The number of fused-ring (bicyclic) bond motifs is 4. The molecule has 2 aliphatic rings. The van der Waals surface area contributed by atoms with E-state index in [1.54, 1.807) is 6.07 Å². The summed E-state index contributed by atoms with van der Waals surface area (Å²) in [6.45, 7) is 5.81. The van der Waals surface area contributed by atoms with E-state index in [2.05, 4.69) is 28.1 Å². The topological polar surface area (TPSA) is 38.1 Å². The van der Waals surface area contributed by atoms with Gasteiger partial charge in [-0.15, -0.1) is 0 Å². The number of hydrogen-bond donors (Lipinski definition) is 0. The molecule has 0 unspecified atom stereocenters. The first kappa shape index (κ1) is 15.3. The molecule has 2 aromatic rings. The number of pyridine rings is 2. The predicted octanol–water partition coefficient (Wildman–Crippen LogP) is 2.90.